The van der Waals surface area contributed by atoms with Gasteiger partial charge in [-0.05, 0) is 25.2 Å². The van der Waals surface area contributed by atoms with Crippen LogP contribution in [0.25, 0.3) is 11.0 Å². The van der Waals surface area contributed by atoms with Crippen LogP contribution in [0.4, 0.5) is 19.0 Å². The van der Waals surface area contributed by atoms with Gasteiger partial charge in [-0.3, -0.25) is 4.79 Å². The molecule has 0 aromatic carbocycles. The number of halogens is 3. The van der Waals surface area contributed by atoms with Gasteiger partial charge in [-0.15, -0.1) is 0 Å². The number of amides is 1. The van der Waals surface area contributed by atoms with Gasteiger partial charge in [-0.2, -0.15) is 24.9 Å². The molecule has 2 aromatic rings. The normalized spacial score (nSPS) is 23.7. The van der Waals surface area contributed by atoms with Crippen LogP contribution in [0.2, 0.25) is 0 Å². The summed E-state index contributed by atoms with van der Waals surface area (Å²) in [5.74, 6) is -2.66. The molecule has 188 valence electrons. The third-order valence-electron chi connectivity index (χ3n) is 5.12. The van der Waals surface area contributed by atoms with Crippen molar-refractivity contribution in [3.05, 3.63) is 18.6 Å². The lowest BCUT2D eigenvalue weighted by Crippen LogP contribution is -2.47. The molecule has 2 unspecified atom stereocenters. The Hall–Kier alpha value is -2.62. The number of thioether (sulfide) groups is 1. The minimum atomic E-state index is -5.14. The largest absolute Gasteiger partial charge is 0.471 e. The molecule has 0 saturated carbocycles. The van der Waals surface area contributed by atoms with Crippen molar-refractivity contribution >= 4 is 40.5 Å². The van der Waals surface area contributed by atoms with Crippen LogP contribution in [-0.4, -0.2) is 85.3 Å². The zero-order valence-electron chi connectivity index (χ0n) is 17.9. The van der Waals surface area contributed by atoms with Crippen LogP contribution in [-0.2, 0) is 19.1 Å². The second-order valence-electron chi connectivity index (χ2n) is 7.40. The molecule has 3 heterocycles. The summed E-state index contributed by atoms with van der Waals surface area (Å²) in [4.78, 5) is 31.2. The van der Waals surface area contributed by atoms with Crippen LogP contribution in [0, 0.1) is 0 Å². The Morgan fingerprint density at radius 2 is 2.09 bits per heavy atom. The molecule has 34 heavy (non-hydrogen) atoms. The summed E-state index contributed by atoms with van der Waals surface area (Å²) in [5, 5.41) is 23.1. The number of anilines is 1. The lowest BCUT2D eigenvalue weighted by atomic mass is 10.1. The van der Waals surface area contributed by atoms with Gasteiger partial charge in [-0.25, -0.2) is 14.8 Å². The number of fused-ring (bicyclic) bond motifs is 1. The number of nitrogens with one attached hydrogen (secondary N) is 1. The molecule has 15 heteroatoms. The average molecular weight is 507 g/mol. The van der Waals surface area contributed by atoms with Gasteiger partial charge in [-0.1, -0.05) is 0 Å². The molecular weight excluding hydrogens is 483 g/mol. The summed E-state index contributed by atoms with van der Waals surface area (Å²) in [6.07, 6.45) is -6.72. The van der Waals surface area contributed by atoms with Crippen molar-refractivity contribution in [1.29, 1.82) is 0 Å². The highest BCUT2D eigenvalue weighted by atomic mass is 32.2. The first-order chi connectivity index (χ1) is 16.0. The summed E-state index contributed by atoms with van der Waals surface area (Å²) >= 11 is 1.17. The van der Waals surface area contributed by atoms with E-state index in [1.54, 1.807) is 17.6 Å². The van der Waals surface area contributed by atoms with Crippen molar-refractivity contribution in [3.8, 4) is 0 Å². The van der Waals surface area contributed by atoms with Gasteiger partial charge in [0, 0.05) is 11.9 Å². The van der Waals surface area contributed by atoms with Crippen molar-refractivity contribution in [1.82, 2.24) is 19.9 Å². The fraction of sp³-hybridized carbons (Fsp3) is 0.579. The van der Waals surface area contributed by atoms with Crippen molar-refractivity contribution in [3.63, 3.8) is 0 Å². The molecule has 1 aliphatic rings. The smallest absolute Gasteiger partial charge is 0.464 e. The number of hydrogen-bond donors (Lipinski definition) is 4. The fourth-order valence-corrected chi connectivity index (χ4v) is 4.50. The van der Waals surface area contributed by atoms with Crippen LogP contribution < -0.4 is 11.1 Å². The quantitative estimate of drug-likeness (QED) is 0.276. The van der Waals surface area contributed by atoms with E-state index >= 15 is 0 Å². The summed E-state index contributed by atoms with van der Waals surface area (Å²) in [6.45, 7) is 1.43. The van der Waals surface area contributed by atoms with Crippen molar-refractivity contribution in [2.24, 2.45) is 0 Å². The second kappa shape index (κ2) is 10.8. The number of carbonyl (C=O) groups is 2. The molecule has 11 nitrogen and oxygen atoms in total. The number of aromatic nitrogens is 3. The highest BCUT2D eigenvalue weighted by molar-refractivity contribution is 7.99. The monoisotopic (exact) mass is 507 g/mol. The Kier molecular flexibility index (Phi) is 8.22. The summed E-state index contributed by atoms with van der Waals surface area (Å²) in [7, 11) is 0. The van der Waals surface area contributed by atoms with Crippen LogP contribution in [0.3, 0.4) is 0 Å². The zero-order chi connectivity index (χ0) is 25.0. The van der Waals surface area contributed by atoms with Gasteiger partial charge in [0.25, 0.3) is 0 Å². The van der Waals surface area contributed by atoms with Crippen LogP contribution in [0.5, 0.6) is 0 Å². The average Bonchev–Trinajstić information content (AvgIpc) is 3.32. The van der Waals surface area contributed by atoms with E-state index < -0.39 is 48.6 Å². The van der Waals surface area contributed by atoms with E-state index in [1.807, 2.05) is 0 Å². The Bertz CT molecular complexity index is 1020. The van der Waals surface area contributed by atoms with Gasteiger partial charge < -0.3 is 35.3 Å². The third kappa shape index (κ3) is 5.71. The maximum atomic E-state index is 12.5. The minimum Gasteiger partial charge on any atom is -0.464 e. The molecule has 3 rings (SSSR count). The van der Waals surface area contributed by atoms with Gasteiger partial charge in [0.05, 0.1) is 18.1 Å². The number of aliphatic hydroxyl groups excluding tert-OH is 2. The molecule has 1 fully saturated rings. The van der Waals surface area contributed by atoms with Gasteiger partial charge in [0.2, 0.25) is 0 Å². The van der Waals surface area contributed by atoms with Gasteiger partial charge >= 0.3 is 18.1 Å². The standard InChI is InChI=1S/C19H24F3N5O6S/c1-2-32-17(30)10(26-18(31)19(20,21)22)4-6-34-7-11-12(28)13(29)16(33-11)27-5-3-9-14(23)24-8-25-15(9)27/h3,5,8,10-13,16,28-29H,2,4,6-7H2,1H3,(H,26,31)(H2,23,24,25)/t10?,11-,12-,13-,16?/m1/s1. The number of ether oxygens (including phenoxy) is 2. The fourth-order valence-electron chi connectivity index (χ4n) is 3.43. The van der Waals surface area contributed by atoms with Crippen LogP contribution >= 0.6 is 11.8 Å². The topological polar surface area (TPSA) is 162 Å². The van der Waals surface area contributed by atoms with Gasteiger partial charge in [0.1, 0.15) is 36.0 Å². The SMILES string of the molecule is CCOC(=O)C(CCSC[C@H]1OC(n2ccc3c(N)ncnc32)[C@H](O)[C@@H]1O)NC(=O)C(F)(F)F. The van der Waals surface area contributed by atoms with Gasteiger partial charge in [0.15, 0.2) is 6.23 Å². The predicted molar refractivity (Wildman–Crippen MR) is 114 cm³/mol. The molecule has 1 saturated heterocycles. The molecule has 2 aromatic heterocycles. The first-order valence-electron chi connectivity index (χ1n) is 10.2. The van der Waals surface area contributed by atoms with E-state index in [1.165, 1.54) is 29.6 Å². The number of alkyl halides is 3. The zero-order valence-corrected chi connectivity index (χ0v) is 18.8. The molecule has 5 atom stereocenters. The first kappa shape index (κ1) is 26.0. The maximum absolute atomic E-state index is 12.5. The Morgan fingerprint density at radius 3 is 2.76 bits per heavy atom. The lowest BCUT2D eigenvalue weighted by molar-refractivity contribution is -0.175. The summed E-state index contributed by atoms with van der Waals surface area (Å²) < 4.78 is 49.7. The molecule has 5 N–H and O–H groups in total. The number of esters is 1. The van der Waals surface area contributed by atoms with E-state index in [-0.39, 0.29) is 30.4 Å². The van der Waals surface area contributed by atoms with Crippen molar-refractivity contribution in [2.75, 3.05) is 23.8 Å². The molecule has 0 aliphatic carbocycles. The lowest BCUT2D eigenvalue weighted by Gasteiger charge is -2.19. The van der Waals surface area contributed by atoms with E-state index in [9.17, 15) is 33.0 Å². The third-order valence-corrected chi connectivity index (χ3v) is 6.21. The number of hydrogen-bond acceptors (Lipinski definition) is 10. The van der Waals surface area contributed by atoms with Crippen LogP contribution in [0.1, 0.15) is 19.6 Å². The number of nitrogens with zero attached hydrogens (tertiary/aromatic N) is 3. The molecule has 0 radical (unpaired) electrons. The minimum absolute atomic E-state index is 0.0591. The van der Waals surface area contributed by atoms with E-state index in [4.69, 9.17) is 15.2 Å². The predicted octanol–water partition coefficient (Wildman–Crippen LogP) is 0.366. The van der Waals surface area contributed by atoms with E-state index in [0.717, 1.165) is 0 Å². The maximum Gasteiger partial charge on any atom is 0.471 e. The van der Waals surface area contributed by atoms with E-state index in [2.05, 4.69) is 9.97 Å². The summed E-state index contributed by atoms with van der Waals surface area (Å²) in [6, 6.07) is 0.172. The van der Waals surface area contributed by atoms with Crippen LogP contribution in [0.15, 0.2) is 18.6 Å². The van der Waals surface area contributed by atoms with E-state index in [0.29, 0.717) is 11.0 Å². The molecular formula is C19H24F3N5O6S. The highest BCUT2D eigenvalue weighted by Gasteiger charge is 2.44. The van der Waals surface area contributed by atoms with Crippen molar-refractivity contribution in [2.45, 2.75) is 50.1 Å². The molecule has 0 spiro atoms. The molecule has 1 amide bonds. The number of aliphatic hydroxyl groups is 2. The Morgan fingerprint density at radius 1 is 1.35 bits per heavy atom. The highest BCUT2D eigenvalue weighted by Crippen LogP contribution is 2.34. The molecule has 1 aliphatic heterocycles. The number of carbonyl (C=O) groups excluding carboxylic acids is 2. The number of nitrogens with two attached hydrogens (primary N) is 1. The second-order valence-corrected chi connectivity index (χ2v) is 8.55. The molecule has 0 bridgehead atoms. The number of nitrogen functional groups attached to an aromatic ring is 1. The van der Waals surface area contributed by atoms with Crippen molar-refractivity contribution < 1.29 is 42.4 Å². The Labute approximate surface area is 195 Å². The number of rotatable bonds is 9. The first-order valence-corrected chi connectivity index (χ1v) is 11.4. The summed E-state index contributed by atoms with van der Waals surface area (Å²) in [5.41, 5.74) is 6.23. The Balaban J connectivity index is 1.57.